The number of ether oxygens (including phenoxy) is 3. The Morgan fingerprint density at radius 1 is 0.276 bits per heavy atom. The summed E-state index contributed by atoms with van der Waals surface area (Å²) in [5.74, 6) is -0.945. The lowest BCUT2D eigenvalue weighted by molar-refractivity contribution is -0.167. The first-order valence-electron chi connectivity index (χ1n) is 31.2. The lowest BCUT2D eigenvalue weighted by Crippen LogP contribution is -2.30. The number of esters is 3. The Labute approximate surface area is 468 Å². The van der Waals surface area contributed by atoms with Crippen LogP contribution in [-0.2, 0) is 28.6 Å². The first-order valence-corrected chi connectivity index (χ1v) is 31.2. The second-order valence-electron chi connectivity index (χ2n) is 20.2. The summed E-state index contributed by atoms with van der Waals surface area (Å²) in [7, 11) is 0. The highest BCUT2D eigenvalue weighted by Crippen LogP contribution is 2.15. The Morgan fingerprint density at radius 3 is 0.829 bits per heavy atom. The maximum absolute atomic E-state index is 12.8. The lowest BCUT2D eigenvalue weighted by atomic mass is 10.0. The van der Waals surface area contributed by atoms with Crippen molar-refractivity contribution in [2.45, 2.75) is 277 Å². The molecule has 0 aromatic heterocycles. The van der Waals surface area contributed by atoms with Crippen molar-refractivity contribution in [2.75, 3.05) is 13.2 Å². The van der Waals surface area contributed by atoms with E-state index in [-0.39, 0.29) is 37.5 Å². The van der Waals surface area contributed by atoms with E-state index in [0.717, 1.165) is 128 Å². The molecule has 0 spiro atoms. The van der Waals surface area contributed by atoms with Gasteiger partial charge < -0.3 is 14.2 Å². The molecule has 6 heteroatoms. The summed E-state index contributed by atoms with van der Waals surface area (Å²) in [6.45, 7) is 6.37. The summed E-state index contributed by atoms with van der Waals surface area (Å²) in [4.78, 5) is 38.2. The minimum atomic E-state index is -0.805. The van der Waals surface area contributed by atoms with Crippen LogP contribution in [0.25, 0.3) is 0 Å². The zero-order valence-corrected chi connectivity index (χ0v) is 49.2. The van der Waals surface area contributed by atoms with Crippen molar-refractivity contribution in [3.8, 4) is 0 Å². The summed E-state index contributed by atoms with van der Waals surface area (Å²) in [6, 6.07) is 0. The van der Waals surface area contributed by atoms with E-state index in [9.17, 15) is 14.4 Å². The van der Waals surface area contributed by atoms with Gasteiger partial charge in [0, 0.05) is 19.3 Å². The molecule has 430 valence electrons. The number of carbonyl (C=O) groups is 3. The van der Waals surface area contributed by atoms with Gasteiger partial charge in [-0.1, -0.05) is 270 Å². The van der Waals surface area contributed by atoms with Crippen LogP contribution in [0.5, 0.6) is 0 Å². The molecule has 0 aromatic carbocycles. The number of unbranched alkanes of at least 4 members (excludes halogenated alkanes) is 22. The van der Waals surface area contributed by atoms with E-state index in [2.05, 4.69) is 154 Å². The standard InChI is InChI=1S/C70H114O6/c1-4-7-10-13-16-19-22-25-27-28-29-30-31-32-33-34-35-36-37-38-39-40-41-42-44-45-48-51-54-57-60-63-69(72)75-66-67(65-74-68(71)62-59-56-53-50-47-24-21-18-15-12-9-6-3)76-70(73)64-61-58-55-52-49-46-43-26-23-20-17-14-11-8-5-2/h7-8,10-11,16-17,19-20,25-27,29-30,32-33,35-36,38-39,43,49,52,67H,4-6,9,12-15,18,21-24,28,31,34,37,40-42,44-48,50-51,53-66H2,1-3H3/b10-7-,11-8-,19-16-,20-17-,27-25-,30-29-,33-32-,36-35-,39-38-,43-26-,52-49-. The second-order valence-corrected chi connectivity index (χ2v) is 20.2. The van der Waals surface area contributed by atoms with Gasteiger partial charge in [-0.15, -0.1) is 0 Å². The van der Waals surface area contributed by atoms with Crippen LogP contribution in [0, 0.1) is 0 Å². The van der Waals surface area contributed by atoms with Gasteiger partial charge in [0.15, 0.2) is 6.10 Å². The molecule has 6 nitrogen and oxygen atoms in total. The molecule has 0 saturated heterocycles. The zero-order valence-electron chi connectivity index (χ0n) is 49.2. The highest BCUT2D eigenvalue weighted by molar-refractivity contribution is 5.71. The SMILES string of the molecule is CC/C=C\C/C=C\C/C=C\C/C=C\C/C=C\C/C=C\C/C=C\CCCCCCCCCCCC(=O)OCC(COC(=O)CCCCCCCCCCCCCC)OC(=O)CCCC/C=C\C/C=C\C/C=C\C/C=C\CC. The van der Waals surface area contributed by atoms with Crippen molar-refractivity contribution in [2.24, 2.45) is 0 Å². The molecule has 0 rings (SSSR count). The van der Waals surface area contributed by atoms with Crippen LogP contribution in [0.15, 0.2) is 134 Å². The van der Waals surface area contributed by atoms with Crippen molar-refractivity contribution in [3.05, 3.63) is 134 Å². The molecule has 0 saturated carbocycles. The minimum absolute atomic E-state index is 0.0974. The van der Waals surface area contributed by atoms with Gasteiger partial charge in [0.2, 0.25) is 0 Å². The maximum Gasteiger partial charge on any atom is 0.306 e. The van der Waals surface area contributed by atoms with Gasteiger partial charge in [0.25, 0.3) is 0 Å². The molecule has 0 aliphatic heterocycles. The van der Waals surface area contributed by atoms with E-state index in [1.165, 1.54) is 96.3 Å². The largest absolute Gasteiger partial charge is 0.462 e. The summed E-state index contributed by atoms with van der Waals surface area (Å²) < 4.78 is 16.8. The normalized spacial score (nSPS) is 13.0. The highest BCUT2D eigenvalue weighted by atomic mass is 16.6. The van der Waals surface area contributed by atoms with Crippen LogP contribution in [0.3, 0.4) is 0 Å². The Hall–Kier alpha value is -4.45. The molecule has 0 heterocycles. The van der Waals surface area contributed by atoms with Gasteiger partial charge in [-0.05, 0) is 116 Å². The van der Waals surface area contributed by atoms with Crippen molar-refractivity contribution in [1.82, 2.24) is 0 Å². The monoisotopic (exact) mass is 1050 g/mol. The summed E-state index contributed by atoms with van der Waals surface area (Å²) in [5.41, 5.74) is 0. The molecule has 1 atom stereocenters. The van der Waals surface area contributed by atoms with Crippen LogP contribution in [0.4, 0.5) is 0 Å². The average molecular weight is 1050 g/mol. The highest BCUT2D eigenvalue weighted by Gasteiger charge is 2.19. The molecular weight excluding hydrogens is 937 g/mol. The van der Waals surface area contributed by atoms with Gasteiger partial charge in [-0.3, -0.25) is 14.4 Å². The number of hydrogen-bond acceptors (Lipinski definition) is 6. The summed E-state index contributed by atoms with van der Waals surface area (Å²) in [6.07, 6.45) is 88.9. The number of allylic oxidation sites excluding steroid dienone is 22. The third kappa shape index (κ3) is 60.4. The lowest BCUT2D eigenvalue weighted by Gasteiger charge is -2.18. The molecule has 76 heavy (non-hydrogen) atoms. The number of carbonyl (C=O) groups excluding carboxylic acids is 3. The van der Waals surface area contributed by atoms with Gasteiger partial charge in [-0.25, -0.2) is 0 Å². The predicted molar refractivity (Wildman–Crippen MR) is 329 cm³/mol. The van der Waals surface area contributed by atoms with Crippen molar-refractivity contribution in [1.29, 1.82) is 0 Å². The van der Waals surface area contributed by atoms with Gasteiger partial charge in [0.1, 0.15) is 13.2 Å². The summed E-state index contributed by atoms with van der Waals surface area (Å²) in [5, 5.41) is 0. The molecule has 0 aliphatic rings. The quantitative estimate of drug-likeness (QED) is 0.0261. The minimum Gasteiger partial charge on any atom is -0.462 e. The third-order valence-electron chi connectivity index (χ3n) is 12.9. The molecule has 0 fully saturated rings. The first kappa shape index (κ1) is 71.5. The van der Waals surface area contributed by atoms with E-state index in [4.69, 9.17) is 14.2 Å². The molecule has 1 unspecified atom stereocenters. The van der Waals surface area contributed by atoms with E-state index >= 15 is 0 Å². The maximum atomic E-state index is 12.8. The van der Waals surface area contributed by atoms with Crippen LogP contribution in [0.1, 0.15) is 271 Å². The van der Waals surface area contributed by atoms with Crippen LogP contribution < -0.4 is 0 Å². The van der Waals surface area contributed by atoms with Gasteiger partial charge in [-0.2, -0.15) is 0 Å². The Balaban J connectivity index is 4.30. The molecular formula is C70H114O6. The van der Waals surface area contributed by atoms with E-state index in [0.29, 0.717) is 19.3 Å². The van der Waals surface area contributed by atoms with Gasteiger partial charge >= 0.3 is 17.9 Å². The fourth-order valence-corrected chi connectivity index (χ4v) is 8.30. The first-order chi connectivity index (χ1) is 37.5. The smallest absolute Gasteiger partial charge is 0.306 e. The molecule has 0 N–H and O–H groups in total. The Kier molecular flexibility index (Phi) is 59.4. The number of rotatable bonds is 55. The topological polar surface area (TPSA) is 78.9 Å². The van der Waals surface area contributed by atoms with Crippen molar-refractivity contribution < 1.29 is 28.6 Å². The van der Waals surface area contributed by atoms with Crippen LogP contribution in [-0.4, -0.2) is 37.2 Å². The second kappa shape index (κ2) is 63.1. The average Bonchev–Trinajstić information content (AvgIpc) is 3.42. The molecule has 0 aromatic rings. The molecule has 0 aliphatic carbocycles. The van der Waals surface area contributed by atoms with Crippen LogP contribution >= 0.6 is 0 Å². The van der Waals surface area contributed by atoms with E-state index < -0.39 is 6.10 Å². The number of hydrogen-bond donors (Lipinski definition) is 0. The molecule has 0 radical (unpaired) electrons. The Bertz CT molecular complexity index is 1630. The summed E-state index contributed by atoms with van der Waals surface area (Å²) >= 11 is 0. The zero-order chi connectivity index (χ0) is 55.0. The van der Waals surface area contributed by atoms with E-state index in [1.54, 1.807) is 0 Å². The van der Waals surface area contributed by atoms with Crippen LogP contribution in [0.2, 0.25) is 0 Å². The Morgan fingerprint density at radius 2 is 0.513 bits per heavy atom. The fourth-order valence-electron chi connectivity index (χ4n) is 8.30. The third-order valence-corrected chi connectivity index (χ3v) is 12.9. The fraction of sp³-hybridized carbons (Fsp3) is 0.643. The molecule has 0 bridgehead atoms. The molecule has 0 amide bonds. The van der Waals surface area contributed by atoms with Crippen molar-refractivity contribution >= 4 is 17.9 Å². The van der Waals surface area contributed by atoms with Gasteiger partial charge in [0.05, 0.1) is 0 Å². The predicted octanol–water partition coefficient (Wildman–Crippen LogP) is 21.4. The van der Waals surface area contributed by atoms with Crippen molar-refractivity contribution in [3.63, 3.8) is 0 Å². The van der Waals surface area contributed by atoms with E-state index in [1.807, 2.05) is 0 Å².